The Morgan fingerprint density at radius 3 is 1.41 bits per heavy atom. The fourth-order valence-corrected chi connectivity index (χ4v) is 2.62. The minimum atomic E-state index is 0.937. The second kappa shape index (κ2) is 11.1. The van der Waals surface area contributed by atoms with E-state index >= 15 is 0 Å². The van der Waals surface area contributed by atoms with Gasteiger partial charge in [0.25, 0.3) is 0 Å². The molecule has 0 heteroatoms. The molecule has 0 saturated carbocycles. The first-order chi connectivity index (χ1) is 8.10. The van der Waals surface area contributed by atoms with Gasteiger partial charge in [-0.05, 0) is 17.8 Å². The van der Waals surface area contributed by atoms with E-state index in [9.17, 15) is 0 Å². The molecule has 0 saturated heterocycles. The van der Waals surface area contributed by atoms with Gasteiger partial charge in [0, 0.05) is 0 Å². The minimum Gasteiger partial charge on any atom is -0.0654 e. The lowest BCUT2D eigenvalue weighted by Gasteiger charge is -2.15. The zero-order valence-electron chi connectivity index (χ0n) is 13.1. The molecule has 0 amide bonds. The molecular weight excluding hydrogens is 204 g/mol. The molecule has 17 heavy (non-hydrogen) atoms. The summed E-state index contributed by atoms with van der Waals surface area (Å²) >= 11 is 0. The van der Waals surface area contributed by atoms with Crippen LogP contribution in [-0.4, -0.2) is 0 Å². The monoisotopic (exact) mass is 240 g/mol. The molecule has 0 spiro atoms. The quantitative estimate of drug-likeness (QED) is 0.389. The van der Waals surface area contributed by atoms with Crippen molar-refractivity contribution in [2.45, 2.75) is 92.4 Å². The zero-order chi connectivity index (χ0) is 13.1. The van der Waals surface area contributed by atoms with Crippen molar-refractivity contribution in [1.82, 2.24) is 0 Å². The van der Waals surface area contributed by atoms with Crippen molar-refractivity contribution in [2.75, 3.05) is 0 Å². The Morgan fingerprint density at radius 1 is 0.588 bits per heavy atom. The van der Waals surface area contributed by atoms with E-state index in [1.54, 1.807) is 0 Å². The van der Waals surface area contributed by atoms with Gasteiger partial charge in [-0.3, -0.25) is 0 Å². The molecular formula is C17H36. The van der Waals surface area contributed by atoms with E-state index in [1.165, 1.54) is 57.8 Å². The van der Waals surface area contributed by atoms with E-state index < -0.39 is 0 Å². The Hall–Kier alpha value is 0. The lowest BCUT2D eigenvalue weighted by molar-refractivity contribution is 0.385. The van der Waals surface area contributed by atoms with Gasteiger partial charge in [-0.2, -0.15) is 0 Å². The van der Waals surface area contributed by atoms with Gasteiger partial charge in [0.15, 0.2) is 0 Å². The van der Waals surface area contributed by atoms with Gasteiger partial charge in [-0.15, -0.1) is 0 Å². The van der Waals surface area contributed by atoms with Gasteiger partial charge in [0.05, 0.1) is 0 Å². The third-order valence-corrected chi connectivity index (χ3v) is 4.27. The van der Waals surface area contributed by atoms with E-state index in [2.05, 4.69) is 34.6 Å². The van der Waals surface area contributed by atoms with Crippen molar-refractivity contribution < 1.29 is 0 Å². The van der Waals surface area contributed by atoms with E-state index in [4.69, 9.17) is 0 Å². The maximum atomic E-state index is 2.45. The van der Waals surface area contributed by atoms with Gasteiger partial charge in [-0.1, -0.05) is 92.4 Å². The van der Waals surface area contributed by atoms with Crippen molar-refractivity contribution in [3.05, 3.63) is 0 Å². The van der Waals surface area contributed by atoms with Crippen LogP contribution in [0.5, 0.6) is 0 Å². The molecule has 0 fully saturated rings. The molecule has 0 aliphatic heterocycles. The summed E-state index contributed by atoms with van der Waals surface area (Å²) in [5.74, 6) is 2.84. The Kier molecular flexibility index (Phi) is 11.1. The summed E-state index contributed by atoms with van der Waals surface area (Å²) < 4.78 is 0. The molecule has 0 aromatic carbocycles. The van der Waals surface area contributed by atoms with Crippen molar-refractivity contribution >= 4 is 0 Å². The average Bonchev–Trinajstić information content (AvgIpc) is 2.29. The number of rotatable bonds is 11. The molecule has 0 aliphatic carbocycles. The molecule has 3 atom stereocenters. The van der Waals surface area contributed by atoms with Gasteiger partial charge in [0.1, 0.15) is 0 Å². The summed E-state index contributed by atoms with van der Waals surface area (Å²) in [7, 11) is 0. The highest BCUT2D eigenvalue weighted by molar-refractivity contribution is 4.59. The van der Waals surface area contributed by atoms with Crippen LogP contribution in [0.25, 0.3) is 0 Å². The molecule has 0 nitrogen and oxygen atoms in total. The van der Waals surface area contributed by atoms with Crippen LogP contribution in [0.1, 0.15) is 92.4 Å². The third kappa shape index (κ3) is 10.9. The zero-order valence-corrected chi connectivity index (χ0v) is 13.1. The van der Waals surface area contributed by atoms with Crippen LogP contribution in [0, 0.1) is 17.8 Å². The Morgan fingerprint density at radius 2 is 1.00 bits per heavy atom. The third-order valence-electron chi connectivity index (χ3n) is 4.27. The molecule has 0 bridgehead atoms. The first kappa shape index (κ1) is 17.0. The Bertz CT molecular complexity index is 150. The molecule has 0 aliphatic rings. The summed E-state index contributed by atoms with van der Waals surface area (Å²) in [5.41, 5.74) is 0. The van der Waals surface area contributed by atoms with Crippen molar-refractivity contribution in [1.29, 1.82) is 0 Å². The topological polar surface area (TPSA) is 0 Å². The summed E-state index contributed by atoms with van der Waals surface area (Å²) in [6.45, 7) is 11.9. The van der Waals surface area contributed by atoms with Gasteiger partial charge in [-0.25, -0.2) is 0 Å². The molecule has 0 N–H and O–H groups in total. The van der Waals surface area contributed by atoms with Gasteiger partial charge in [0.2, 0.25) is 0 Å². The van der Waals surface area contributed by atoms with Crippen LogP contribution in [0.15, 0.2) is 0 Å². The fourth-order valence-electron chi connectivity index (χ4n) is 2.62. The average molecular weight is 240 g/mol. The molecule has 0 aromatic rings. The first-order valence-electron chi connectivity index (χ1n) is 8.10. The van der Waals surface area contributed by atoms with Crippen LogP contribution in [0.4, 0.5) is 0 Å². The highest BCUT2D eigenvalue weighted by Gasteiger charge is 2.06. The van der Waals surface area contributed by atoms with Crippen LogP contribution in [0.2, 0.25) is 0 Å². The predicted molar refractivity (Wildman–Crippen MR) is 80.4 cm³/mol. The molecule has 3 unspecified atom stereocenters. The second-order valence-corrected chi connectivity index (χ2v) is 6.37. The highest BCUT2D eigenvalue weighted by atomic mass is 14.1. The molecule has 104 valence electrons. The summed E-state index contributed by atoms with van der Waals surface area (Å²) in [5, 5.41) is 0. The Balaban J connectivity index is 3.37. The normalized spacial score (nSPS) is 16.8. The van der Waals surface area contributed by atoms with E-state index in [0.717, 1.165) is 17.8 Å². The predicted octanol–water partition coefficient (Wildman–Crippen LogP) is 6.45. The SMILES string of the molecule is CCCC(C)CCCC(C)CCCC(C)CC. The first-order valence-corrected chi connectivity index (χ1v) is 8.10. The van der Waals surface area contributed by atoms with Gasteiger partial charge >= 0.3 is 0 Å². The van der Waals surface area contributed by atoms with E-state index in [0.29, 0.717) is 0 Å². The van der Waals surface area contributed by atoms with Crippen LogP contribution >= 0.6 is 0 Å². The summed E-state index contributed by atoms with van der Waals surface area (Å²) in [4.78, 5) is 0. The number of hydrogen-bond donors (Lipinski definition) is 0. The van der Waals surface area contributed by atoms with E-state index in [1.807, 2.05) is 0 Å². The number of hydrogen-bond acceptors (Lipinski definition) is 0. The molecule has 0 radical (unpaired) electrons. The fraction of sp³-hybridized carbons (Fsp3) is 1.00. The smallest absolute Gasteiger partial charge is 0.0443 e. The maximum Gasteiger partial charge on any atom is -0.0443 e. The van der Waals surface area contributed by atoms with E-state index in [-0.39, 0.29) is 0 Å². The van der Waals surface area contributed by atoms with Crippen LogP contribution in [-0.2, 0) is 0 Å². The van der Waals surface area contributed by atoms with Gasteiger partial charge < -0.3 is 0 Å². The molecule has 0 heterocycles. The lowest BCUT2D eigenvalue weighted by atomic mass is 9.92. The van der Waals surface area contributed by atoms with Crippen molar-refractivity contribution in [2.24, 2.45) is 17.8 Å². The standard InChI is InChI=1S/C17H36/c1-6-10-16(4)12-9-14-17(5)13-8-11-15(3)7-2/h15-17H,6-14H2,1-5H3. The van der Waals surface area contributed by atoms with Crippen LogP contribution < -0.4 is 0 Å². The summed E-state index contributed by atoms with van der Waals surface area (Å²) in [6, 6.07) is 0. The Labute approximate surface area is 111 Å². The minimum absolute atomic E-state index is 0.937. The lowest BCUT2D eigenvalue weighted by Crippen LogP contribution is -2.00. The van der Waals surface area contributed by atoms with Crippen LogP contribution in [0.3, 0.4) is 0 Å². The van der Waals surface area contributed by atoms with Crippen molar-refractivity contribution in [3.63, 3.8) is 0 Å². The largest absolute Gasteiger partial charge is 0.0654 e. The molecule has 0 aromatic heterocycles. The summed E-state index contributed by atoms with van der Waals surface area (Å²) in [6.07, 6.45) is 12.8. The highest BCUT2D eigenvalue weighted by Crippen LogP contribution is 2.21. The molecule has 0 rings (SSSR count). The second-order valence-electron chi connectivity index (χ2n) is 6.37. The maximum absolute atomic E-state index is 2.45. The van der Waals surface area contributed by atoms with Crippen molar-refractivity contribution in [3.8, 4) is 0 Å².